The molecule has 3 amide bonds. The van der Waals surface area contributed by atoms with Crippen LogP contribution in [0.1, 0.15) is 39.1 Å². The third-order valence-corrected chi connectivity index (χ3v) is 5.77. The lowest BCUT2D eigenvalue weighted by molar-refractivity contribution is -0.114. The molecule has 0 saturated heterocycles. The molecule has 33 heavy (non-hydrogen) atoms. The average Bonchev–Trinajstić information content (AvgIpc) is 3.09. The summed E-state index contributed by atoms with van der Waals surface area (Å²) in [5, 5.41) is 0.594. The SMILES string of the molecule is O=C1c2ccccc2C(=O)N1CCCCN(C(=O)C=Cc1ccccc1)c1ccc(Cl)cc1. The summed E-state index contributed by atoms with van der Waals surface area (Å²) in [7, 11) is 0. The zero-order chi connectivity index (χ0) is 23.2. The van der Waals surface area contributed by atoms with E-state index in [2.05, 4.69) is 0 Å². The predicted octanol–water partition coefficient (Wildman–Crippen LogP) is 5.46. The number of halogens is 1. The fraction of sp³-hybridized carbons (Fsp3) is 0.148. The van der Waals surface area contributed by atoms with Crippen LogP contribution in [0.4, 0.5) is 5.69 Å². The van der Waals surface area contributed by atoms with Gasteiger partial charge in [0.2, 0.25) is 0 Å². The summed E-state index contributed by atoms with van der Waals surface area (Å²) in [4.78, 5) is 41.0. The molecule has 1 heterocycles. The maximum absolute atomic E-state index is 13.0. The van der Waals surface area contributed by atoms with Crippen LogP contribution in [0.5, 0.6) is 0 Å². The number of imide groups is 1. The first kappa shape index (κ1) is 22.5. The summed E-state index contributed by atoms with van der Waals surface area (Å²) in [5.74, 6) is -0.666. The van der Waals surface area contributed by atoms with Gasteiger partial charge >= 0.3 is 0 Å². The van der Waals surface area contributed by atoms with Crippen molar-refractivity contribution in [3.8, 4) is 0 Å². The highest BCUT2D eigenvalue weighted by Crippen LogP contribution is 2.23. The summed E-state index contributed by atoms with van der Waals surface area (Å²) >= 11 is 6.02. The first-order valence-electron chi connectivity index (χ1n) is 10.8. The zero-order valence-electron chi connectivity index (χ0n) is 18.0. The van der Waals surface area contributed by atoms with Gasteiger partial charge < -0.3 is 4.90 Å². The van der Waals surface area contributed by atoms with Crippen molar-refractivity contribution in [2.24, 2.45) is 0 Å². The Bertz CT molecular complexity index is 1150. The monoisotopic (exact) mass is 458 g/mol. The fourth-order valence-electron chi connectivity index (χ4n) is 3.79. The van der Waals surface area contributed by atoms with Gasteiger partial charge in [-0.05, 0) is 60.9 Å². The van der Waals surface area contributed by atoms with Gasteiger partial charge in [-0.2, -0.15) is 0 Å². The molecular formula is C27H23ClN2O3. The van der Waals surface area contributed by atoms with E-state index in [1.165, 1.54) is 4.90 Å². The minimum absolute atomic E-state index is 0.151. The van der Waals surface area contributed by atoms with E-state index in [1.807, 2.05) is 30.3 Å². The minimum Gasteiger partial charge on any atom is -0.309 e. The van der Waals surface area contributed by atoms with Gasteiger partial charge in [-0.15, -0.1) is 0 Å². The van der Waals surface area contributed by atoms with Crippen LogP contribution >= 0.6 is 11.6 Å². The molecule has 0 spiro atoms. The van der Waals surface area contributed by atoms with Gasteiger partial charge in [0.1, 0.15) is 0 Å². The van der Waals surface area contributed by atoms with Gasteiger partial charge in [-0.3, -0.25) is 19.3 Å². The van der Waals surface area contributed by atoms with E-state index in [-0.39, 0.29) is 17.7 Å². The normalized spacial score (nSPS) is 12.9. The Kier molecular flexibility index (Phi) is 7.01. The molecule has 166 valence electrons. The van der Waals surface area contributed by atoms with Crippen LogP contribution in [0.15, 0.2) is 84.9 Å². The molecule has 3 aromatic carbocycles. The second-order valence-corrected chi connectivity index (χ2v) is 8.16. The first-order chi connectivity index (χ1) is 16.0. The van der Waals surface area contributed by atoms with Crippen molar-refractivity contribution in [1.82, 2.24) is 4.90 Å². The smallest absolute Gasteiger partial charge is 0.261 e. The van der Waals surface area contributed by atoms with Crippen molar-refractivity contribution in [2.75, 3.05) is 18.0 Å². The Balaban J connectivity index is 1.40. The maximum Gasteiger partial charge on any atom is 0.261 e. The Hall–Kier alpha value is -3.70. The highest BCUT2D eigenvalue weighted by molar-refractivity contribution is 6.30. The molecule has 0 aliphatic carbocycles. The number of fused-ring (bicyclic) bond motifs is 1. The number of unbranched alkanes of at least 4 members (excludes halogenated alkanes) is 1. The molecule has 0 radical (unpaired) electrons. The van der Waals surface area contributed by atoms with E-state index in [0.717, 1.165) is 11.3 Å². The number of carbonyl (C=O) groups excluding carboxylic acids is 3. The molecule has 4 rings (SSSR count). The van der Waals surface area contributed by atoms with E-state index in [0.29, 0.717) is 42.1 Å². The molecule has 0 saturated carbocycles. The molecule has 0 fully saturated rings. The minimum atomic E-state index is -0.257. The number of nitrogens with zero attached hydrogens (tertiary/aromatic N) is 2. The summed E-state index contributed by atoms with van der Waals surface area (Å²) in [6.07, 6.45) is 4.55. The molecule has 0 atom stereocenters. The standard InChI is InChI=1S/C27H23ClN2O3/c28-21-13-15-22(16-14-21)29(25(31)17-12-20-8-2-1-3-9-20)18-6-7-19-30-26(32)23-10-4-5-11-24(23)27(30)33/h1-5,8-17H,6-7,18-19H2. The number of rotatable bonds is 8. The Labute approximate surface area is 197 Å². The number of hydrogen-bond donors (Lipinski definition) is 0. The molecule has 0 bridgehead atoms. The van der Waals surface area contributed by atoms with Crippen LogP contribution in [0.2, 0.25) is 5.02 Å². The van der Waals surface area contributed by atoms with Crippen molar-refractivity contribution in [2.45, 2.75) is 12.8 Å². The molecular weight excluding hydrogens is 436 g/mol. The fourth-order valence-corrected chi connectivity index (χ4v) is 3.92. The molecule has 0 N–H and O–H groups in total. The number of hydrogen-bond acceptors (Lipinski definition) is 3. The van der Waals surface area contributed by atoms with E-state index in [9.17, 15) is 14.4 Å². The summed E-state index contributed by atoms with van der Waals surface area (Å²) in [5.41, 5.74) is 2.58. The van der Waals surface area contributed by atoms with Gasteiger partial charge in [-0.25, -0.2) is 0 Å². The average molecular weight is 459 g/mol. The third kappa shape index (κ3) is 5.21. The number of carbonyl (C=O) groups is 3. The first-order valence-corrected chi connectivity index (χ1v) is 11.2. The van der Waals surface area contributed by atoms with Crippen LogP contribution in [-0.2, 0) is 4.79 Å². The Morgan fingerprint density at radius 2 is 1.42 bits per heavy atom. The molecule has 0 aromatic heterocycles. The quantitative estimate of drug-likeness (QED) is 0.256. The Morgan fingerprint density at radius 1 is 0.818 bits per heavy atom. The van der Waals surface area contributed by atoms with Crippen molar-refractivity contribution in [3.05, 3.63) is 107 Å². The molecule has 1 aliphatic heterocycles. The van der Waals surface area contributed by atoms with Gasteiger partial charge in [-0.1, -0.05) is 54.1 Å². The largest absolute Gasteiger partial charge is 0.309 e. The lowest BCUT2D eigenvalue weighted by atomic mass is 10.1. The lowest BCUT2D eigenvalue weighted by Crippen LogP contribution is -2.33. The van der Waals surface area contributed by atoms with Crippen LogP contribution in [-0.4, -0.2) is 35.7 Å². The second kappa shape index (κ2) is 10.3. The van der Waals surface area contributed by atoms with Gasteiger partial charge in [0.05, 0.1) is 11.1 Å². The van der Waals surface area contributed by atoms with Crippen molar-refractivity contribution < 1.29 is 14.4 Å². The summed E-state index contributed by atoms with van der Waals surface area (Å²) in [6.45, 7) is 0.762. The molecule has 1 aliphatic rings. The van der Waals surface area contributed by atoms with Gasteiger partial charge in [0.25, 0.3) is 17.7 Å². The van der Waals surface area contributed by atoms with Crippen LogP contribution in [0.25, 0.3) is 6.08 Å². The topological polar surface area (TPSA) is 57.7 Å². The summed E-state index contributed by atoms with van der Waals surface area (Å²) < 4.78 is 0. The van der Waals surface area contributed by atoms with Crippen molar-refractivity contribution in [1.29, 1.82) is 0 Å². The number of amides is 3. The molecule has 3 aromatic rings. The lowest BCUT2D eigenvalue weighted by Gasteiger charge is -2.22. The second-order valence-electron chi connectivity index (χ2n) is 7.72. The molecule has 5 nitrogen and oxygen atoms in total. The summed E-state index contributed by atoms with van der Waals surface area (Å²) in [6, 6.07) is 23.6. The van der Waals surface area contributed by atoms with E-state index in [4.69, 9.17) is 11.6 Å². The highest BCUT2D eigenvalue weighted by Gasteiger charge is 2.34. The van der Waals surface area contributed by atoms with Crippen molar-refractivity contribution >= 4 is 41.1 Å². The van der Waals surface area contributed by atoms with E-state index < -0.39 is 0 Å². The van der Waals surface area contributed by atoms with Crippen LogP contribution in [0.3, 0.4) is 0 Å². The third-order valence-electron chi connectivity index (χ3n) is 5.51. The maximum atomic E-state index is 13.0. The highest BCUT2D eigenvalue weighted by atomic mass is 35.5. The van der Waals surface area contributed by atoms with E-state index >= 15 is 0 Å². The number of anilines is 1. The number of benzene rings is 3. The van der Waals surface area contributed by atoms with Crippen LogP contribution in [0, 0.1) is 0 Å². The Morgan fingerprint density at radius 3 is 2.06 bits per heavy atom. The molecule has 0 unspecified atom stereocenters. The van der Waals surface area contributed by atoms with Crippen LogP contribution < -0.4 is 4.90 Å². The molecule has 6 heteroatoms. The van der Waals surface area contributed by atoms with Crippen molar-refractivity contribution in [3.63, 3.8) is 0 Å². The van der Waals surface area contributed by atoms with Gasteiger partial charge in [0.15, 0.2) is 0 Å². The predicted molar refractivity (Wildman–Crippen MR) is 130 cm³/mol. The zero-order valence-corrected chi connectivity index (χ0v) is 18.7. The van der Waals surface area contributed by atoms with E-state index in [1.54, 1.807) is 65.6 Å². The van der Waals surface area contributed by atoms with Gasteiger partial charge in [0, 0.05) is 29.9 Å².